The number of carbonyl (C=O) groups is 1. The van der Waals surface area contributed by atoms with Gasteiger partial charge in [0.2, 0.25) is 0 Å². The minimum Gasteiger partial charge on any atom is -0.497 e. The number of hydrogen-bond donors (Lipinski definition) is 1. The lowest BCUT2D eigenvalue weighted by molar-refractivity contribution is -0.132. The number of furan rings is 1. The van der Waals surface area contributed by atoms with Crippen LogP contribution in [0.1, 0.15) is 48.0 Å². The van der Waals surface area contributed by atoms with Gasteiger partial charge in [-0.3, -0.25) is 4.79 Å². The molecule has 1 amide bonds. The summed E-state index contributed by atoms with van der Waals surface area (Å²) in [5, 5.41) is 11.7. The van der Waals surface area contributed by atoms with Gasteiger partial charge in [0, 0.05) is 17.3 Å². The van der Waals surface area contributed by atoms with Gasteiger partial charge in [0.15, 0.2) is 0 Å². The lowest BCUT2D eigenvalue weighted by atomic mass is 10.0. The molecule has 156 valence electrons. The fraction of sp³-hybridized carbons (Fsp3) is 0.304. The van der Waals surface area contributed by atoms with Crippen LogP contribution in [0.2, 0.25) is 0 Å². The van der Waals surface area contributed by atoms with Crippen molar-refractivity contribution in [1.82, 2.24) is 10.3 Å². The van der Waals surface area contributed by atoms with E-state index in [0.29, 0.717) is 12.2 Å². The summed E-state index contributed by atoms with van der Waals surface area (Å²) in [5.74, 6) is 1.48. The van der Waals surface area contributed by atoms with Crippen LogP contribution in [0.4, 0.5) is 0 Å². The largest absolute Gasteiger partial charge is 0.497 e. The second-order valence-corrected chi connectivity index (χ2v) is 8.09. The first-order valence-corrected chi connectivity index (χ1v) is 10.9. The Kier molecular flexibility index (Phi) is 6.30. The Morgan fingerprint density at radius 2 is 2.13 bits per heavy atom. The fourth-order valence-corrected chi connectivity index (χ4v) is 4.47. The van der Waals surface area contributed by atoms with Gasteiger partial charge in [0.05, 0.1) is 26.0 Å². The van der Waals surface area contributed by atoms with Crippen molar-refractivity contribution in [2.75, 3.05) is 13.7 Å². The number of hydrazone groups is 1. The van der Waals surface area contributed by atoms with Crippen LogP contribution in [0.15, 0.2) is 69.7 Å². The molecule has 6 nitrogen and oxygen atoms in total. The Morgan fingerprint density at radius 1 is 1.30 bits per heavy atom. The molecule has 2 unspecified atom stereocenters. The van der Waals surface area contributed by atoms with E-state index in [4.69, 9.17) is 9.15 Å². The van der Waals surface area contributed by atoms with Gasteiger partial charge in [-0.25, -0.2) is 5.01 Å². The number of amides is 1. The van der Waals surface area contributed by atoms with Crippen molar-refractivity contribution in [2.45, 2.75) is 31.8 Å². The van der Waals surface area contributed by atoms with Crippen LogP contribution in [0.25, 0.3) is 0 Å². The van der Waals surface area contributed by atoms with E-state index in [0.717, 1.165) is 28.3 Å². The Balaban J connectivity index is 1.48. The van der Waals surface area contributed by atoms with Crippen LogP contribution in [-0.4, -0.2) is 30.3 Å². The summed E-state index contributed by atoms with van der Waals surface area (Å²) in [6.07, 6.45) is 3.15. The first kappa shape index (κ1) is 20.4. The Bertz CT molecular complexity index is 981. The normalized spacial score (nSPS) is 17.1. The second kappa shape index (κ2) is 9.28. The maximum absolute atomic E-state index is 13.1. The van der Waals surface area contributed by atoms with Gasteiger partial charge in [0.1, 0.15) is 17.2 Å². The van der Waals surface area contributed by atoms with Gasteiger partial charge >= 0.3 is 0 Å². The number of hydrogen-bond acceptors (Lipinski definition) is 6. The zero-order chi connectivity index (χ0) is 20.9. The molecule has 1 aliphatic heterocycles. The highest BCUT2D eigenvalue weighted by Crippen LogP contribution is 2.35. The van der Waals surface area contributed by atoms with Crippen LogP contribution >= 0.6 is 11.3 Å². The molecule has 30 heavy (non-hydrogen) atoms. The highest BCUT2D eigenvalue weighted by Gasteiger charge is 2.34. The molecule has 2 aromatic heterocycles. The number of ether oxygens (including phenoxy) is 1. The van der Waals surface area contributed by atoms with Crippen LogP contribution in [0, 0.1) is 0 Å². The quantitative estimate of drug-likeness (QED) is 0.567. The SMILES string of the molecule is CCC(NCC(=O)N1N=C(c2ccco2)CC1c1cccs1)c1ccc(OC)cc1. The average molecular weight is 424 g/mol. The molecule has 1 aromatic carbocycles. The van der Waals surface area contributed by atoms with Gasteiger partial charge in [-0.15, -0.1) is 11.3 Å². The summed E-state index contributed by atoms with van der Waals surface area (Å²) in [4.78, 5) is 14.2. The third-order valence-electron chi connectivity index (χ3n) is 5.27. The second-order valence-electron chi connectivity index (χ2n) is 7.11. The van der Waals surface area contributed by atoms with Crippen molar-refractivity contribution in [3.63, 3.8) is 0 Å². The van der Waals surface area contributed by atoms with E-state index >= 15 is 0 Å². The van der Waals surface area contributed by atoms with Crippen LogP contribution < -0.4 is 10.1 Å². The third-order valence-corrected chi connectivity index (χ3v) is 6.24. The first-order chi connectivity index (χ1) is 14.7. The van der Waals surface area contributed by atoms with Gasteiger partial charge < -0.3 is 14.5 Å². The molecule has 0 spiro atoms. The molecule has 1 N–H and O–H groups in total. The molecule has 3 heterocycles. The van der Waals surface area contributed by atoms with Gasteiger partial charge in [-0.1, -0.05) is 25.1 Å². The molecular formula is C23H25N3O3S. The maximum atomic E-state index is 13.1. The molecular weight excluding hydrogens is 398 g/mol. The molecule has 0 saturated heterocycles. The molecule has 0 fully saturated rings. The fourth-order valence-electron chi connectivity index (χ4n) is 3.66. The topological polar surface area (TPSA) is 67.1 Å². The summed E-state index contributed by atoms with van der Waals surface area (Å²) in [7, 11) is 1.65. The standard InChI is InChI=1S/C23H25N3O3S/c1-3-18(16-8-10-17(28-2)11-9-16)24-15-23(27)26-20(22-7-5-13-30-22)14-19(25-26)21-6-4-12-29-21/h4-13,18,20,24H,3,14-15H2,1-2H3. The third kappa shape index (κ3) is 4.32. The molecule has 2 atom stereocenters. The zero-order valence-electron chi connectivity index (χ0n) is 17.1. The predicted molar refractivity (Wildman–Crippen MR) is 118 cm³/mol. The van der Waals surface area contributed by atoms with E-state index in [1.54, 1.807) is 29.7 Å². The van der Waals surface area contributed by atoms with Gasteiger partial charge in [-0.2, -0.15) is 5.10 Å². The summed E-state index contributed by atoms with van der Waals surface area (Å²) in [5.41, 5.74) is 1.93. The van der Waals surface area contributed by atoms with Crippen LogP contribution in [-0.2, 0) is 4.79 Å². The van der Waals surface area contributed by atoms with Gasteiger partial charge in [-0.05, 0) is 47.7 Å². The van der Waals surface area contributed by atoms with Crippen molar-refractivity contribution in [1.29, 1.82) is 0 Å². The van der Waals surface area contributed by atoms with E-state index in [1.807, 2.05) is 47.8 Å². The first-order valence-electron chi connectivity index (χ1n) is 10.0. The highest BCUT2D eigenvalue weighted by molar-refractivity contribution is 7.10. The molecule has 3 aromatic rings. The number of methoxy groups -OCH3 is 1. The maximum Gasteiger partial charge on any atom is 0.257 e. The molecule has 0 radical (unpaired) electrons. The number of nitrogens with one attached hydrogen (secondary N) is 1. The molecule has 0 bridgehead atoms. The van der Waals surface area contributed by atoms with Gasteiger partial charge in [0.25, 0.3) is 5.91 Å². The van der Waals surface area contributed by atoms with E-state index in [2.05, 4.69) is 23.4 Å². The minimum absolute atomic E-state index is 0.0538. The van der Waals surface area contributed by atoms with Crippen molar-refractivity contribution >= 4 is 23.0 Å². The van der Waals surface area contributed by atoms with Crippen molar-refractivity contribution in [3.05, 3.63) is 76.4 Å². The van der Waals surface area contributed by atoms with E-state index in [9.17, 15) is 4.79 Å². The molecule has 4 rings (SSSR count). The van der Waals surface area contributed by atoms with Crippen LogP contribution in [0.3, 0.4) is 0 Å². The minimum atomic E-state index is -0.0968. The van der Waals surface area contributed by atoms with Crippen molar-refractivity contribution in [3.8, 4) is 5.75 Å². The summed E-state index contributed by atoms with van der Waals surface area (Å²) in [6.45, 7) is 2.31. The van der Waals surface area contributed by atoms with E-state index in [-0.39, 0.29) is 24.5 Å². The number of thiophene rings is 1. The summed E-state index contributed by atoms with van der Waals surface area (Å²) >= 11 is 1.64. The number of carbonyl (C=O) groups excluding carboxylic acids is 1. The average Bonchev–Trinajstić information content (AvgIpc) is 3.55. The van der Waals surface area contributed by atoms with Crippen molar-refractivity contribution < 1.29 is 13.9 Å². The molecule has 0 saturated carbocycles. The van der Waals surface area contributed by atoms with Crippen molar-refractivity contribution in [2.24, 2.45) is 5.10 Å². The number of nitrogens with zero attached hydrogens (tertiary/aromatic N) is 2. The lowest BCUT2D eigenvalue weighted by Crippen LogP contribution is -2.36. The number of rotatable bonds is 8. The monoisotopic (exact) mass is 423 g/mol. The molecule has 1 aliphatic rings. The van der Waals surface area contributed by atoms with Crippen LogP contribution in [0.5, 0.6) is 5.75 Å². The Morgan fingerprint density at radius 3 is 2.77 bits per heavy atom. The smallest absolute Gasteiger partial charge is 0.257 e. The highest BCUT2D eigenvalue weighted by atomic mass is 32.1. The number of benzene rings is 1. The molecule has 7 heteroatoms. The van der Waals surface area contributed by atoms with E-state index in [1.165, 1.54) is 0 Å². The van der Waals surface area contributed by atoms with E-state index < -0.39 is 0 Å². The summed E-state index contributed by atoms with van der Waals surface area (Å²) < 4.78 is 10.7. The predicted octanol–water partition coefficient (Wildman–Crippen LogP) is 4.77. The lowest BCUT2D eigenvalue weighted by Gasteiger charge is -2.23. The Labute approximate surface area is 180 Å². The summed E-state index contributed by atoms with van der Waals surface area (Å²) in [6, 6.07) is 15.7. The Hall–Kier alpha value is -2.90. The zero-order valence-corrected chi connectivity index (χ0v) is 17.9. The molecule has 0 aliphatic carbocycles.